The van der Waals surface area contributed by atoms with Crippen LogP contribution in [-0.4, -0.2) is 35.0 Å². The minimum Gasteiger partial charge on any atom is -0.421 e. The van der Waals surface area contributed by atoms with Crippen molar-refractivity contribution in [1.29, 1.82) is 0 Å². The molecule has 3 aromatic rings. The average molecular weight is 449 g/mol. The first-order valence-electron chi connectivity index (χ1n) is 9.22. The first-order chi connectivity index (χ1) is 13.9. The SMILES string of the molecule is Cc1nnc(-c2cccc(-c3cc(F)c(C4(C)CS(=O)(=O)C(C)(C)C(N)=N4)s3)c2)o1. The molecule has 2 aromatic heterocycles. The maximum absolute atomic E-state index is 15.0. The van der Waals surface area contributed by atoms with Crippen LogP contribution in [0.2, 0.25) is 0 Å². The first kappa shape index (κ1) is 20.7. The highest BCUT2D eigenvalue weighted by atomic mass is 32.2. The number of nitrogens with two attached hydrogens (primary N) is 1. The van der Waals surface area contributed by atoms with Crippen LogP contribution in [0.1, 0.15) is 31.5 Å². The van der Waals surface area contributed by atoms with E-state index in [1.165, 1.54) is 19.9 Å². The van der Waals surface area contributed by atoms with Crippen molar-refractivity contribution in [3.8, 4) is 21.9 Å². The highest BCUT2D eigenvalue weighted by Crippen LogP contribution is 2.43. The molecule has 10 heteroatoms. The van der Waals surface area contributed by atoms with Crippen molar-refractivity contribution in [3.63, 3.8) is 0 Å². The fourth-order valence-electron chi connectivity index (χ4n) is 3.36. The average Bonchev–Trinajstić information content (AvgIpc) is 3.26. The number of rotatable bonds is 3. The van der Waals surface area contributed by atoms with Crippen LogP contribution in [0.5, 0.6) is 0 Å². The minimum atomic E-state index is -3.62. The molecule has 0 bridgehead atoms. The van der Waals surface area contributed by atoms with Crippen LogP contribution in [0.3, 0.4) is 0 Å². The third kappa shape index (κ3) is 3.24. The molecule has 0 fully saturated rings. The Hall–Kier alpha value is -2.59. The lowest BCUT2D eigenvalue weighted by Crippen LogP contribution is -2.54. The molecule has 2 N–H and O–H groups in total. The van der Waals surface area contributed by atoms with E-state index in [1.54, 1.807) is 13.8 Å². The zero-order chi connectivity index (χ0) is 21.9. The Bertz CT molecular complexity index is 1280. The maximum Gasteiger partial charge on any atom is 0.247 e. The van der Waals surface area contributed by atoms with E-state index in [-0.39, 0.29) is 16.5 Å². The van der Waals surface area contributed by atoms with E-state index >= 15 is 0 Å². The molecule has 7 nitrogen and oxygen atoms in total. The molecule has 1 aromatic carbocycles. The van der Waals surface area contributed by atoms with Crippen LogP contribution < -0.4 is 5.73 Å². The topological polar surface area (TPSA) is 111 Å². The van der Waals surface area contributed by atoms with Crippen molar-refractivity contribution in [2.75, 3.05) is 5.75 Å². The number of sulfone groups is 1. The second kappa shape index (κ2) is 6.71. The molecule has 30 heavy (non-hydrogen) atoms. The van der Waals surface area contributed by atoms with Gasteiger partial charge in [0.2, 0.25) is 11.8 Å². The molecule has 4 rings (SSSR count). The van der Waals surface area contributed by atoms with Gasteiger partial charge in [-0.3, -0.25) is 4.99 Å². The molecule has 158 valence electrons. The smallest absolute Gasteiger partial charge is 0.247 e. The van der Waals surface area contributed by atoms with Crippen LogP contribution in [0.15, 0.2) is 39.7 Å². The van der Waals surface area contributed by atoms with Crippen molar-refractivity contribution in [2.45, 2.75) is 38.0 Å². The van der Waals surface area contributed by atoms with E-state index in [1.807, 2.05) is 24.3 Å². The van der Waals surface area contributed by atoms with E-state index < -0.39 is 25.9 Å². The van der Waals surface area contributed by atoms with Crippen LogP contribution in [0.4, 0.5) is 4.39 Å². The number of thiophene rings is 1. The van der Waals surface area contributed by atoms with Gasteiger partial charge in [0.25, 0.3) is 0 Å². The number of halogens is 1. The normalized spacial score (nSPS) is 22.6. The molecule has 0 spiro atoms. The van der Waals surface area contributed by atoms with E-state index in [4.69, 9.17) is 10.2 Å². The van der Waals surface area contributed by atoms with Gasteiger partial charge >= 0.3 is 0 Å². The van der Waals surface area contributed by atoms with Crippen molar-refractivity contribution >= 4 is 27.0 Å². The quantitative estimate of drug-likeness (QED) is 0.654. The molecule has 1 aliphatic heterocycles. The Balaban J connectivity index is 1.77. The number of benzene rings is 1. The Morgan fingerprint density at radius 3 is 2.50 bits per heavy atom. The van der Waals surface area contributed by atoms with Gasteiger partial charge in [0.05, 0.1) is 10.6 Å². The molecule has 0 saturated carbocycles. The molecule has 1 aliphatic rings. The third-order valence-corrected chi connectivity index (χ3v) is 9.45. The van der Waals surface area contributed by atoms with Gasteiger partial charge in [-0.25, -0.2) is 12.8 Å². The van der Waals surface area contributed by atoms with Gasteiger partial charge in [-0.05, 0) is 44.5 Å². The number of aromatic nitrogens is 2. The van der Waals surface area contributed by atoms with Gasteiger partial charge in [0.1, 0.15) is 21.9 Å². The summed E-state index contributed by atoms with van der Waals surface area (Å²) in [5, 5.41) is 7.84. The predicted octanol–water partition coefficient (Wildman–Crippen LogP) is 3.69. The lowest BCUT2D eigenvalue weighted by molar-refractivity contribution is 0.486. The van der Waals surface area contributed by atoms with Gasteiger partial charge in [-0.15, -0.1) is 21.5 Å². The summed E-state index contributed by atoms with van der Waals surface area (Å²) in [6.45, 7) is 6.33. The van der Waals surface area contributed by atoms with Crippen molar-refractivity contribution in [3.05, 3.63) is 46.9 Å². The van der Waals surface area contributed by atoms with Crippen LogP contribution in [0.25, 0.3) is 21.9 Å². The summed E-state index contributed by atoms with van der Waals surface area (Å²) in [7, 11) is -3.62. The number of aliphatic imine (C=N–C) groups is 1. The van der Waals surface area contributed by atoms with Crippen LogP contribution in [-0.2, 0) is 15.4 Å². The summed E-state index contributed by atoms with van der Waals surface area (Å²) < 4.78 is 44.8. The Morgan fingerprint density at radius 2 is 1.87 bits per heavy atom. The standard InChI is InChI=1S/C20H21FN4O3S2/c1-11-24-25-17(28-11)13-7-5-6-12(8-13)15-9-14(21)16(29-15)20(4)10-30(26,27)19(2,3)18(22)23-20/h5-9H,10H2,1-4H3,(H2,22,23). The van der Waals surface area contributed by atoms with Gasteiger partial charge in [-0.2, -0.15) is 0 Å². The summed E-state index contributed by atoms with van der Waals surface area (Å²) in [5.41, 5.74) is 6.16. The van der Waals surface area contributed by atoms with Crippen molar-refractivity contribution in [1.82, 2.24) is 10.2 Å². The van der Waals surface area contributed by atoms with E-state index in [2.05, 4.69) is 15.2 Å². The second-order valence-corrected chi connectivity index (χ2v) is 11.6. The highest BCUT2D eigenvalue weighted by Gasteiger charge is 2.50. The summed E-state index contributed by atoms with van der Waals surface area (Å²) in [6, 6.07) is 8.68. The zero-order valence-electron chi connectivity index (χ0n) is 16.9. The van der Waals surface area contributed by atoms with Gasteiger partial charge in [-0.1, -0.05) is 12.1 Å². The van der Waals surface area contributed by atoms with E-state index in [0.29, 0.717) is 22.2 Å². The third-order valence-electron chi connectivity index (χ3n) is 5.33. The predicted molar refractivity (Wildman–Crippen MR) is 115 cm³/mol. The minimum absolute atomic E-state index is 0.0145. The lowest BCUT2D eigenvalue weighted by atomic mass is 10.0. The Kier molecular flexibility index (Phi) is 4.62. The summed E-state index contributed by atoms with van der Waals surface area (Å²) in [5.74, 6) is -0.0187. The fourth-order valence-corrected chi connectivity index (χ4v) is 6.24. The van der Waals surface area contributed by atoms with Gasteiger partial charge in [0.15, 0.2) is 9.84 Å². The van der Waals surface area contributed by atoms with Crippen LogP contribution >= 0.6 is 11.3 Å². The first-order valence-corrected chi connectivity index (χ1v) is 11.7. The molecule has 0 aliphatic carbocycles. The van der Waals surface area contributed by atoms with Gasteiger partial charge < -0.3 is 10.2 Å². The number of nitrogens with zero attached hydrogens (tertiary/aromatic N) is 3. The number of hydrogen-bond donors (Lipinski definition) is 1. The summed E-state index contributed by atoms with van der Waals surface area (Å²) in [6.07, 6.45) is 0. The molecular formula is C20H21FN4O3S2. The van der Waals surface area contributed by atoms with Crippen LogP contribution in [0, 0.1) is 12.7 Å². The molecular weight excluding hydrogens is 427 g/mol. The number of amidine groups is 1. The maximum atomic E-state index is 15.0. The molecule has 0 saturated heterocycles. The fraction of sp³-hybridized carbons (Fsp3) is 0.350. The number of hydrogen-bond acceptors (Lipinski definition) is 8. The zero-order valence-corrected chi connectivity index (χ0v) is 18.6. The second-order valence-electron chi connectivity index (χ2n) is 8.04. The summed E-state index contributed by atoms with van der Waals surface area (Å²) >= 11 is 1.16. The van der Waals surface area contributed by atoms with Crippen molar-refractivity contribution in [2.24, 2.45) is 10.7 Å². The summed E-state index contributed by atoms with van der Waals surface area (Å²) in [4.78, 5) is 5.29. The van der Waals surface area contributed by atoms with E-state index in [0.717, 1.165) is 16.9 Å². The molecule has 1 unspecified atom stereocenters. The van der Waals surface area contributed by atoms with Gasteiger partial charge in [0, 0.05) is 17.4 Å². The Morgan fingerprint density at radius 1 is 1.17 bits per heavy atom. The monoisotopic (exact) mass is 448 g/mol. The van der Waals surface area contributed by atoms with Crippen molar-refractivity contribution < 1.29 is 17.2 Å². The molecule has 0 amide bonds. The molecule has 0 radical (unpaired) electrons. The molecule has 3 heterocycles. The lowest BCUT2D eigenvalue weighted by Gasteiger charge is -2.37. The highest BCUT2D eigenvalue weighted by molar-refractivity contribution is 7.93. The largest absolute Gasteiger partial charge is 0.421 e. The number of aryl methyl sites for hydroxylation is 1. The van der Waals surface area contributed by atoms with E-state index in [9.17, 15) is 12.8 Å². The Labute approximate surface area is 177 Å². The molecule has 1 atom stereocenters.